The van der Waals surface area contributed by atoms with Crippen molar-refractivity contribution in [2.45, 2.75) is 23.9 Å². The zero-order chi connectivity index (χ0) is 20.8. The van der Waals surface area contributed by atoms with Gasteiger partial charge in [0.2, 0.25) is 5.91 Å². The predicted octanol–water partition coefficient (Wildman–Crippen LogP) is 2.22. The lowest BCUT2D eigenvalue weighted by Gasteiger charge is -2.11. The van der Waals surface area contributed by atoms with Gasteiger partial charge in [-0.3, -0.25) is 14.6 Å². The van der Waals surface area contributed by atoms with E-state index in [0.717, 1.165) is 23.1 Å². The van der Waals surface area contributed by atoms with Crippen LogP contribution in [0.1, 0.15) is 12.5 Å². The molecule has 0 spiro atoms. The minimum absolute atomic E-state index is 0.143. The number of hydrogen-bond donors (Lipinski definition) is 3. The molecule has 0 unspecified atom stereocenters. The molecule has 0 radical (unpaired) electrons. The highest BCUT2D eigenvalue weighted by Crippen LogP contribution is 2.22. The molecule has 1 amide bonds. The molecule has 0 aliphatic heterocycles. The van der Waals surface area contributed by atoms with Gasteiger partial charge in [0.1, 0.15) is 5.75 Å². The number of anilines is 1. The van der Waals surface area contributed by atoms with Crippen molar-refractivity contribution >= 4 is 23.4 Å². The number of carbonyl (C=O) groups excluding carboxylic acids is 1. The second-order valence-electron chi connectivity index (χ2n) is 6.22. The molecule has 0 aliphatic carbocycles. The number of benzene rings is 2. The number of nitrogens with zero attached hydrogens (tertiary/aromatic N) is 2. The summed E-state index contributed by atoms with van der Waals surface area (Å²) in [5.41, 5.74) is 7.54. The Balaban J connectivity index is 1.61. The fourth-order valence-corrected chi connectivity index (χ4v) is 3.33. The molecule has 2 aromatic carbocycles. The normalized spacial score (nSPS) is 11.7. The summed E-state index contributed by atoms with van der Waals surface area (Å²) in [6.45, 7) is 2.12. The number of nitrogens with two attached hydrogens (primary N) is 1. The highest BCUT2D eigenvalue weighted by atomic mass is 32.2. The Morgan fingerprint density at radius 2 is 1.93 bits per heavy atom. The van der Waals surface area contributed by atoms with Gasteiger partial charge in [0.15, 0.2) is 10.9 Å². The van der Waals surface area contributed by atoms with Gasteiger partial charge in [-0.15, -0.1) is 10.2 Å². The minimum atomic E-state index is -0.467. The van der Waals surface area contributed by atoms with Crippen LogP contribution in [0.15, 0.2) is 58.5 Å². The molecule has 150 valence electrons. The molecule has 4 N–H and O–H groups in total. The summed E-state index contributed by atoms with van der Waals surface area (Å²) in [6.07, 6.45) is 0. The molecule has 3 rings (SSSR count). The van der Waals surface area contributed by atoms with E-state index in [2.05, 4.69) is 20.5 Å². The van der Waals surface area contributed by atoms with Gasteiger partial charge in [-0.1, -0.05) is 42.1 Å². The fourth-order valence-electron chi connectivity index (χ4n) is 2.56. The van der Waals surface area contributed by atoms with E-state index in [1.807, 2.05) is 24.3 Å². The molecular weight excluding hydrogens is 390 g/mol. The van der Waals surface area contributed by atoms with Crippen LogP contribution < -0.4 is 21.3 Å². The minimum Gasteiger partial charge on any atom is -0.497 e. The predicted molar refractivity (Wildman–Crippen MR) is 113 cm³/mol. The van der Waals surface area contributed by atoms with Crippen LogP contribution in [0.3, 0.4) is 0 Å². The van der Waals surface area contributed by atoms with Gasteiger partial charge >= 0.3 is 0 Å². The standard InChI is InChI=1S/C20H21N5O3S/c1-12(18(26)22-11-13-7-9-14(28-2)10-8-13)29-20-23-19(27)17(24-25-20)15-5-3-4-6-16(15)21/h3-10,12H,11,21H2,1-2H3,(H,22,26)(H,23,25,27)/t12-/m1/s1. The van der Waals surface area contributed by atoms with Crippen molar-refractivity contribution in [3.8, 4) is 17.0 Å². The first-order valence-electron chi connectivity index (χ1n) is 8.87. The van der Waals surface area contributed by atoms with Crippen molar-refractivity contribution in [3.63, 3.8) is 0 Å². The zero-order valence-electron chi connectivity index (χ0n) is 16.0. The van der Waals surface area contributed by atoms with Crippen molar-refractivity contribution in [2.75, 3.05) is 12.8 Å². The van der Waals surface area contributed by atoms with Gasteiger partial charge in [-0.25, -0.2) is 0 Å². The maximum atomic E-state index is 12.4. The van der Waals surface area contributed by atoms with E-state index in [-0.39, 0.29) is 16.8 Å². The summed E-state index contributed by atoms with van der Waals surface area (Å²) >= 11 is 1.12. The molecule has 9 heteroatoms. The molecule has 1 atom stereocenters. The lowest BCUT2D eigenvalue weighted by molar-refractivity contribution is -0.120. The lowest BCUT2D eigenvalue weighted by atomic mass is 10.1. The Morgan fingerprint density at radius 1 is 1.21 bits per heavy atom. The van der Waals surface area contributed by atoms with Crippen molar-refractivity contribution in [1.82, 2.24) is 20.5 Å². The van der Waals surface area contributed by atoms with E-state index in [0.29, 0.717) is 17.8 Å². The highest BCUT2D eigenvalue weighted by Gasteiger charge is 2.17. The van der Waals surface area contributed by atoms with Crippen LogP contribution in [-0.4, -0.2) is 33.4 Å². The molecule has 1 aromatic heterocycles. The van der Waals surface area contributed by atoms with Gasteiger partial charge in [-0.05, 0) is 30.7 Å². The second kappa shape index (κ2) is 9.24. The number of amides is 1. The second-order valence-corrected chi connectivity index (χ2v) is 7.55. The summed E-state index contributed by atoms with van der Waals surface area (Å²) in [6, 6.07) is 14.4. The Morgan fingerprint density at radius 3 is 2.59 bits per heavy atom. The maximum absolute atomic E-state index is 12.4. The smallest absolute Gasteiger partial charge is 0.278 e. The third-order valence-corrected chi connectivity index (χ3v) is 5.15. The molecule has 0 aliphatic rings. The fraction of sp³-hybridized carbons (Fsp3) is 0.200. The number of nitrogen functional groups attached to an aromatic ring is 1. The summed E-state index contributed by atoms with van der Waals surface area (Å²) < 4.78 is 5.11. The Kier molecular flexibility index (Phi) is 6.50. The average Bonchev–Trinajstić information content (AvgIpc) is 2.73. The number of methoxy groups -OCH3 is 1. The van der Waals surface area contributed by atoms with E-state index in [4.69, 9.17) is 10.5 Å². The Hall–Kier alpha value is -3.33. The molecule has 0 bridgehead atoms. The summed E-state index contributed by atoms with van der Waals surface area (Å²) in [7, 11) is 1.60. The number of thioether (sulfide) groups is 1. The Labute approximate surface area is 171 Å². The molecule has 3 aromatic rings. The van der Waals surface area contributed by atoms with Crippen LogP contribution in [0.25, 0.3) is 11.3 Å². The molecular formula is C20H21N5O3S. The van der Waals surface area contributed by atoms with Crippen molar-refractivity contribution < 1.29 is 9.53 Å². The van der Waals surface area contributed by atoms with Crippen molar-refractivity contribution in [3.05, 3.63) is 64.4 Å². The van der Waals surface area contributed by atoms with Crippen molar-refractivity contribution in [1.29, 1.82) is 0 Å². The average molecular weight is 411 g/mol. The van der Waals surface area contributed by atoms with E-state index >= 15 is 0 Å². The SMILES string of the molecule is COc1ccc(CNC(=O)[C@@H](C)Sc2nnc(-c3ccccc3N)c(=O)[nH]2)cc1. The summed E-state index contributed by atoms with van der Waals surface area (Å²) in [5.74, 6) is 0.581. The van der Waals surface area contributed by atoms with Gasteiger partial charge in [-0.2, -0.15) is 0 Å². The number of aromatic amines is 1. The van der Waals surface area contributed by atoms with E-state index in [1.165, 1.54) is 0 Å². The summed E-state index contributed by atoms with van der Waals surface area (Å²) in [5, 5.41) is 10.7. The maximum Gasteiger partial charge on any atom is 0.278 e. The van der Waals surface area contributed by atoms with Gasteiger partial charge in [0.05, 0.1) is 12.4 Å². The lowest BCUT2D eigenvalue weighted by Crippen LogP contribution is -2.30. The molecule has 8 nitrogen and oxygen atoms in total. The first kappa shape index (κ1) is 20.4. The number of ether oxygens (including phenoxy) is 1. The van der Waals surface area contributed by atoms with E-state index in [1.54, 1.807) is 38.3 Å². The van der Waals surface area contributed by atoms with E-state index < -0.39 is 10.8 Å². The van der Waals surface area contributed by atoms with Crippen molar-refractivity contribution in [2.24, 2.45) is 0 Å². The van der Waals surface area contributed by atoms with Crippen LogP contribution in [0.2, 0.25) is 0 Å². The third-order valence-electron chi connectivity index (χ3n) is 4.18. The largest absolute Gasteiger partial charge is 0.497 e. The van der Waals surface area contributed by atoms with Crippen LogP contribution in [0.4, 0.5) is 5.69 Å². The van der Waals surface area contributed by atoms with Crippen LogP contribution in [0.5, 0.6) is 5.75 Å². The first-order valence-corrected chi connectivity index (χ1v) is 9.75. The monoisotopic (exact) mass is 411 g/mol. The Bertz CT molecular complexity index is 1050. The number of para-hydroxylation sites is 1. The highest BCUT2D eigenvalue weighted by molar-refractivity contribution is 8.00. The van der Waals surface area contributed by atoms with Crippen LogP contribution >= 0.6 is 11.8 Å². The molecule has 29 heavy (non-hydrogen) atoms. The number of carbonyl (C=O) groups is 1. The van der Waals surface area contributed by atoms with Gasteiger partial charge in [0.25, 0.3) is 5.56 Å². The molecule has 1 heterocycles. The number of aromatic nitrogens is 3. The van der Waals surface area contributed by atoms with Crippen LogP contribution in [-0.2, 0) is 11.3 Å². The number of H-pyrrole nitrogens is 1. The quantitative estimate of drug-likeness (QED) is 0.402. The zero-order valence-corrected chi connectivity index (χ0v) is 16.8. The topological polar surface area (TPSA) is 123 Å². The number of nitrogens with one attached hydrogen (secondary N) is 2. The number of rotatable bonds is 7. The van der Waals surface area contributed by atoms with Crippen LogP contribution in [0, 0.1) is 0 Å². The molecule has 0 saturated carbocycles. The van der Waals surface area contributed by atoms with Gasteiger partial charge < -0.3 is 15.8 Å². The van der Waals surface area contributed by atoms with Gasteiger partial charge in [0, 0.05) is 17.8 Å². The molecule has 0 fully saturated rings. The molecule has 0 saturated heterocycles. The first-order chi connectivity index (χ1) is 14.0. The summed E-state index contributed by atoms with van der Waals surface area (Å²) in [4.78, 5) is 27.4. The third kappa shape index (κ3) is 5.14. The van der Waals surface area contributed by atoms with E-state index in [9.17, 15) is 9.59 Å². The number of hydrogen-bond acceptors (Lipinski definition) is 7.